The Morgan fingerprint density at radius 2 is 2.21 bits per heavy atom. The molecule has 6 heteroatoms. The Morgan fingerprint density at radius 3 is 3.00 bits per heavy atom. The van der Waals surface area contributed by atoms with Gasteiger partial charge in [0.15, 0.2) is 5.76 Å². The average molecular weight is 258 g/mol. The molecule has 2 aromatic rings. The van der Waals surface area contributed by atoms with E-state index >= 15 is 0 Å². The normalized spacial score (nSPS) is 10.1. The summed E-state index contributed by atoms with van der Waals surface area (Å²) in [4.78, 5) is 14.5. The Labute approximate surface area is 110 Å². The average Bonchev–Trinajstić information content (AvgIpc) is 2.86. The van der Waals surface area contributed by atoms with Gasteiger partial charge in [0.2, 0.25) is 0 Å². The standard InChI is InChI=1S/C13H14N4O2/c14-17-16-8-4-3-7-15-13(18)12-9-10-5-1-2-6-11(10)19-12/h1-2,5-6,9H,3-4,7-8H2,(H,15,18). The van der Waals surface area contributed by atoms with E-state index in [9.17, 15) is 4.79 Å². The van der Waals surface area contributed by atoms with Gasteiger partial charge in [-0.3, -0.25) is 4.79 Å². The SMILES string of the molecule is [N-]=[N+]=NCCCCNC(=O)c1cc2ccccc2o1. The number of para-hydroxylation sites is 1. The summed E-state index contributed by atoms with van der Waals surface area (Å²) >= 11 is 0. The van der Waals surface area contributed by atoms with Crippen molar-refractivity contribution in [1.82, 2.24) is 5.32 Å². The summed E-state index contributed by atoms with van der Waals surface area (Å²) < 4.78 is 5.45. The fourth-order valence-corrected chi connectivity index (χ4v) is 1.74. The second kappa shape index (κ2) is 6.47. The van der Waals surface area contributed by atoms with E-state index in [0.29, 0.717) is 24.4 Å². The maximum atomic E-state index is 11.8. The van der Waals surface area contributed by atoms with Crippen LogP contribution in [0.4, 0.5) is 0 Å². The second-order valence-corrected chi connectivity index (χ2v) is 4.07. The third-order valence-corrected chi connectivity index (χ3v) is 2.68. The van der Waals surface area contributed by atoms with Gasteiger partial charge in [0.05, 0.1) is 0 Å². The molecule has 1 aromatic carbocycles. The summed E-state index contributed by atoms with van der Waals surface area (Å²) in [5.74, 6) is 0.0937. The highest BCUT2D eigenvalue weighted by Crippen LogP contribution is 2.18. The summed E-state index contributed by atoms with van der Waals surface area (Å²) in [6.45, 7) is 0.994. The fraction of sp³-hybridized carbons (Fsp3) is 0.308. The highest BCUT2D eigenvalue weighted by molar-refractivity contribution is 5.95. The number of nitrogens with one attached hydrogen (secondary N) is 1. The van der Waals surface area contributed by atoms with Gasteiger partial charge < -0.3 is 9.73 Å². The number of azide groups is 1. The van der Waals surface area contributed by atoms with Gasteiger partial charge in [-0.1, -0.05) is 23.3 Å². The van der Waals surface area contributed by atoms with E-state index in [-0.39, 0.29) is 5.91 Å². The molecule has 0 unspecified atom stereocenters. The van der Waals surface area contributed by atoms with Crippen LogP contribution in [0.2, 0.25) is 0 Å². The molecule has 0 atom stereocenters. The zero-order valence-electron chi connectivity index (χ0n) is 10.4. The summed E-state index contributed by atoms with van der Waals surface area (Å²) in [5.41, 5.74) is 8.81. The van der Waals surface area contributed by atoms with Crippen LogP contribution in [0.5, 0.6) is 0 Å². The number of benzene rings is 1. The molecule has 0 saturated carbocycles. The van der Waals surface area contributed by atoms with E-state index in [1.807, 2.05) is 24.3 Å². The lowest BCUT2D eigenvalue weighted by molar-refractivity contribution is 0.0927. The van der Waals surface area contributed by atoms with Crippen LogP contribution in [0, 0.1) is 0 Å². The molecule has 0 aliphatic carbocycles. The first-order valence-electron chi connectivity index (χ1n) is 6.09. The minimum absolute atomic E-state index is 0.222. The molecule has 0 aliphatic rings. The minimum atomic E-state index is -0.222. The monoisotopic (exact) mass is 258 g/mol. The first kappa shape index (κ1) is 13.0. The highest BCUT2D eigenvalue weighted by Gasteiger charge is 2.10. The molecule has 1 aromatic heterocycles. The molecule has 0 aliphatic heterocycles. The summed E-state index contributed by atoms with van der Waals surface area (Å²) in [6.07, 6.45) is 1.52. The van der Waals surface area contributed by atoms with E-state index in [4.69, 9.17) is 9.95 Å². The van der Waals surface area contributed by atoms with E-state index in [2.05, 4.69) is 15.3 Å². The minimum Gasteiger partial charge on any atom is -0.451 e. The van der Waals surface area contributed by atoms with Crippen molar-refractivity contribution in [2.24, 2.45) is 5.11 Å². The molecule has 1 N–H and O–H groups in total. The van der Waals surface area contributed by atoms with Crippen molar-refractivity contribution in [2.45, 2.75) is 12.8 Å². The van der Waals surface area contributed by atoms with Crippen molar-refractivity contribution in [3.05, 3.63) is 46.5 Å². The van der Waals surface area contributed by atoms with Crippen LogP contribution < -0.4 is 5.32 Å². The van der Waals surface area contributed by atoms with Crippen molar-refractivity contribution in [3.63, 3.8) is 0 Å². The molecule has 0 bridgehead atoms. The Hall–Kier alpha value is -2.46. The van der Waals surface area contributed by atoms with E-state index in [1.54, 1.807) is 6.07 Å². The van der Waals surface area contributed by atoms with Gasteiger partial charge in [-0.05, 0) is 30.5 Å². The number of unbranched alkanes of at least 4 members (excludes halogenated alkanes) is 1. The maximum absolute atomic E-state index is 11.8. The molecule has 0 radical (unpaired) electrons. The van der Waals surface area contributed by atoms with Crippen molar-refractivity contribution in [1.29, 1.82) is 0 Å². The Kier molecular flexibility index (Phi) is 4.42. The number of amides is 1. The van der Waals surface area contributed by atoms with Crippen LogP contribution in [0.1, 0.15) is 23.4 Å². The molecule has 1 heterocycles. The van der Waals surface area contributed by atoms with Crippen LogP contribution in [-0.2, 0) is 0 Å². The number of carbonyl (C=O) groups is 1. The molecule has 2 rings (SSSR count). The molecular formula is C13H14N4O2. The van der Waals surface area contributed by atoms with E-state index in [1.165, 1.54) is 0 Å². The number of rotatable bonds is 6. The number of nitrogens with zero attached hydrogens (tertiary/aromatic N) is 3. The Balaban J connectivity index is 1.84. The third-order valence-electron chi connectivity index (χ3n) is 2.68. The first-order chi connectivity index (χ1) is 9.31. The Bertz CT molecular complexity index is 581. The Morgan fingerprint density at radius 1 is 1.37 bits per heavy atom. The van der Waals surface area contributed by atoms with Crippen LogP contribution in [-0.4, -0.2) is 19.0 Å². The molecule has 1 amide bonds. The zero-order valence-corrected chi connectivity index (χ0v) is 10.4. The van der Waals surface area contributed by atoms with Crippen LogP contribution in [0.3, 0.4) is 0 Å². The van der Waals surface area contributed by atoms with Crippen molar-refractivity contribution < 1.29 is 9.21 Å². The predicted molar refractivity (Wildman–Crippen MR) is 71.8 cm³/mol. The smallest absolute Gasteiger partial charge is 0.287 e. The van der Waals surface area contributed by atoms with Crippen molar-refractivity contribution in [3.8, 4) is 0 Å². The quantitative estimate of drug-likeness (QED) is 0.373. The second-order valence-electron chi connectivity index (χ2n) is 4.07. The lowest BCUT2D eigenvalue weighted by atomic mass is 10.2. The summed E-state index contributed by atoms with van der Waals surface area (Å²) in [5, 5.41) is 7.11. The van der Waals surface area contributed by atoms with Gasteiger partial charge in [-0.25, -0.2) is 0 Å². The first-order valence-corrected chi connectivity index (χ1v) is 6.09. The fourth-order valence-electron chi connectivity index (χ4n) is 1.74. The van der Waals surface area contributed by atoms with Gasteiger partial charge in [-0.15, -0.1) is 0 Å². The van der Waals surface area contributed by atoms with Crippen LogP contribution in [0.25, 0.3) is 21.4 Å². The largest absolute Gasteiger partial charge is 0.451 e. The number of fused-ring (bicyclic) bond motifs is 1. The topological polar surface area (TPSA) is 91.0 Å². The van der Waals surface area contributed by atoms with Gasteiger partial charge in [0.1, 0.15) is 5.58 Å². The van der Waals surface area contributed by atoms with Crippen LogP contribution >= 0.6 is 0 Å². The lowest BCUT2D eigenvalue weighted by Gasteiger charge is -2.01. The molecule has 0 spiro atoms. The highest BCUT2D eigenvalue weighted by atomic mass is 16.3. The zero-order chi connectivity index (χ0) is 13.5. The third kappa shape index (κ3) is 3.50. The number of furan rings is 1. The maximum Gasteiger partial charge on any atom is 0.287 e. The molecule has 0 fully saturated rings. The molecule has 98 valence electrons. The van der Waals surface area contributed by atoms with Crippen molar-refractivity contribution in [2.75, 3.05) is 13.1 Å². The number of hydrogen-bond donors (Lipinski definition) is 1. The predicted octanol–water partition coefficient (Wildman–Crippen LogP) is 3.25. The van der Waals surface area contributed by atoms with Gasteiger partial charge in [-0.2, -0.15) is 0 Å². The molecule has 6 nitrogen and oxygen atoms in total. The lowest BCUT2D eigenvalue weighted by Crippen LogP contribution is -2.23. The van der Waals surface area contributed by atoms with Gasteiger partial charge in [0, 0.05) is 23.4 Å². The molecule has 0 saturated heterocycles. The van der Waals surface area contributed by atoms with Crippen LogP contribution in [0.15, 0.2) is 39.9 Å². The summed E-state index contributed by atoms with van der Waals surface area (Å²) in [7, 11) is 0. The van der Waals surface area contributed by atoms with E-state index < -0.39 is 0 Å². The van der Waals surface area contributed by atoms with Crippen molar-refractivity contribution >= 4 is 16.9 Å². The van der Waals surface area contributed by atoms with E-state index in [0.717, 1.165) is 18.2 Å². The van der Waals surface area contributed by atoms with Gasteiger partial charge >= 0.3 is 0 Å². The summed E-state index contributed by atoms with van der Waals surface area (Å²) in [6, 6.07) is 9.21. The molecular weight excluding hydrogens is 244 g/mol. The molecule has 19 heavy (non-hydrogen) atoms. The number of hydrogen-bond acceptors (Lipinski definition) is 3. The number of carbonyl (C=O) groups excluding carboxylic acids is 1. The van der Waals surface area contributed by atoms with Gasteiger partial charge in [0.25, 0.3) is 5.91 Å².